The van der Waals surface area contributed by atoms with Crippen LogP contribution in [0.3, 0.4) is 0 Å². The topological polar surface area (TPSA) is 75.9 Å². The quantitative estimate of drug-likeness (QED) is 0.574. The molecular formula is C15H19N5. The molecule has 5 nitrogen and oxygen atoms in total. The van der Waals surface area contributed by atoms with Crippen LogP contribution in [0.5, 0.6) is 0 Å². The van der Waals surface area contributed by atoms with E-state index in [1.54, 1.807) is 0 Å². The molecular weight excluding hydrogens is 250 g/mol. The molecule has 5 heteroatoms. The molecule has 2 aromatic rings. The highest BCUT2D eigenvalue weighted by molar-refractivity contribution is 5.60. The van der Waals surface area contributed by atoms with Crippen LogP contribution in [-0.4, -0.2) is 16.5 Å². The maximum Gasteiger partial charge on any atom is 0.163 e. The van der Waals surface area contributed by atoms with E-state index in [1.165, 1.54) is 6.42 Å². The van der Waals surface area contributed by atoms with Gasteiger partial charge in [0.25, 0.3) is 0 Å². The van der Waals surface area contributed by atoms with Gasteiger partial charge >= 0.3 is 0 Å². The summed E-state index contributed by atoms with van der Waals surface area (Å²) < 4.78 is 0. The summed E-state index contributed by atoms with van der Waals surface area (Å²) in [5, 5.41) is 3.38. The molecule has 1 aliphatic carbocycles. The van der Waals surface area contributed by atoms with Gasteiger partial charge in [-0.1, -0.05) is 37.3 Å². The van der Waals surface area contributed by atoms with Gasteiger partial charge in [0.1, 0.15) is 11.6 Å². The second-order valence-electron chi connectivity index (χ2n) is 5.33. The predicted octanol–water partition coefficient (Wildman–Crippen LogP) is 2.50. The minimum Gasteiger partial charge on any atom is -0.370 e. The zero-order valence-electron chi connectivity index (χ0n) is 11.5. The summed E-state index contributed by atoms with van der Waals surface area (Å²) in [6.07, 6.45) is 1.30. The second kappa shape index (κ2) is 5.46. The monoisotopic (exact) mass is 269 g/mol. The van der Waals surface area contributed by atoms with Crippen molar-refractivity contribution in [1.29, 1.82) is 0 Å². The normalized spacial score (nSPS) is 20.5. The fourth-order valence-electron chi connectivity index (χ4n) is 2.25. The van der Waals surface area contributed by atoms with Gasteiger partial charge in [0.15, 0.2) is 5.82 Å². The molecule has 1 heterocycles. The zero-order chi connectivity index (χ0) is 13.9. The highest BCUT2D eigenvalue weighted by Crippen LogP contribution is 2.37. The van der Waals surface area contributed by atoms with Gasteiger partial charge in [-0.25, -0.2) is 15.8 Å². The summed E-state index contributed by atoms with van der Waals surface area (Å²) in [6.45, 7) is 3.23. The van der Waals surface area contributed by atoms with Crippen LogP contribution in [0.25, 0.3) is 11.4 Å². The number of nitrogens with zero attached hydrogens (tertiary/aromatic N) is 2. The number of benzene rings is 1. The predicted molar refractivity (Wildman–Crippen MR) is 81.0 cm³/mol. The lowest BCUT2D eigenvalue weighted by atomic mass is 10.2. The summed E-state index contributed by atoms with van der Waals surface area (Å²) >= 11 is 0. The number of hydrazine groups is 1. The first-order chi connectivity index (χ1) is 9.76. The number of rotatable bonds is 5. The van der Waals surface area contributed by atoms with E-state index in [9.17, 15) is 0 Å². The summed E-state index contributed by atoms with van der Waals surface area (Å²) in [6, 6.07) is 11.7. The maximum absolute atomic E-state index is 5.49. The molecule has 2 atom stereocenters. The Labute approximate surface area is 118 Å². The van der Waals surface area contributed by atoms with Gasteiger partial charge in [0.05, 0.1) is 0 Å². The first-order valence-electron chi connectivity index (χ1n) is 6.91. The van der Waals surface area contributed by atoms with E-state index in [-0.39, 0.29) is 0 Å². The molecule has 0 spiro atoms. The molecule has 20 heavy (non-hydrogen) atoms. The van der Waals surface area contributed by atoms with Gasteiger partial charge in [-0.05, 0) is 18.3 Å². The second-order valence-corrected chi connectivity index (χ2v) is 5.33. The lowest BCUT2D eigenvalue weighted by Crippen LogP contribution is -2.12. The first kappa shape index (κ1) is 12.9. The number of nitrogens with two attached hydrogens (primary N) is 1. The number of aromatic nitrogens is 2. The highest BCUT2D eigenvalue weighted by atomic mass is 15.3. The van der Waals surface area contributed by atoms with E-state index in [4.69, 9.17) is 5.84 Å². The Kier molecular flexibility index (Phi) is 3.52. The van der Waals surface area contributed by atoms with Crippen molar-refractivity contribution in [3.05, 3.63) is 36.4 Å². The molecule has 0 amide bonds. The van der Waals surface area contributed by atoms with Gasteiger partial charge in [-0.3, -0.25) is 0 Å². The molecule has 1 aliphatic rings. The molecule has 1 fully saturated rings. The molecule has 4 N–H and O–H groups in total. The van der Waals surface area contributed by atoms with E-state index in [1.807, 2.05) is 36.4 Å². The molecule has 3 rings (SSSR count). The van der Waals surface area contributed by atoms with Crippen molar-refractivity contribution >= 4 is 11.6 Å². The third-order valence-electron chi connectivity index (χ3n) is 3.73. The number of hydrogen-bond donors (Lipinski definition) is 3. The van der Waals surface area contributed by atoms with E-state index in [2.05, 4.69) is 27.6 Å². The van der Waals surface area contributed by atoms with Crippen LogP contribution in [-0.2, 0) is 0 Å². The number of anilines is 2. The van der Waals surface area contributed by atoms with Crippen molar-refractivity contribution in [2.45, 2.75) is 13.3 Å². The summed E-state index contributed by atoms with van der Waals surface area (Å²) in [4.78, 5) is 8.95. The molecule has 104 valence electrons. The third kappa shape index (κ3) is 2.88. The average Bonchev–Trinajstić information content (AvgIpc) is 3.21. The molecule has 1 aromatic carbocycles. The van der Waals surface area contributed by atoms with Crippen LogP contribution >= 0.6 is 0 Å². The van der Waals surface area contributed by atoms with Gasteiger partial charge in [0, 0.05) is 18.2 Å². The molecule has 0 radical (unpaired) electrons. The molecule has 2 unspecified atom stereocenters. The summed E-state index contributed by atoms with van der Waals surface area (Å²) in [7, 11) is 0. The minimum absolute atomic E-state index is 0.616. The van der Waals surface area contributed by atoms with Crippen molar-refractivity contribution < 1.29 is 0 Å². The van der Waals surface area contributed by atoms with E-state index in [0.717, 1.165) is 29.8 Å². The van der Waals surface area contributed by atoms with Gasteiger partial charge < -0.3 is 10.7 Å². The minimum atomic E-state index is 0.616. The van der Waals surface area contributed by atoms with Crippen LogP contribution in [0, 0.1) is 11.8 Å². The van der Waals surface area contributed by atoms with Gasteiger partial charge in [-0.2, -0.15) is 0 Å². The van der Waals surface area contributed by atoms with Crippen molar-refractivity contribution in [2.24, 2.45) is 17.7 Å². The van der Waals surface area contributed by atoms with Crippen molar-refractivity contribution in [2.75, 3.05) is 17.3 Å². The smallest absolute Gasteiger partial charge is 0.163 e. The Morgan fingerprint density at radius 2 is 1.90 bits per heavy atom. The van der Waals surface area contributed by atoms with Crippen LogP contribution in [0.4, 0.5) is 11.6 Å². The Hall–Kier alpha value is -2.14. The molecule has 0 saturated heterocycles. The molecule has 1 saturated carbocycles. The fourth-order valence-corrected chi connectivity index (χ4v) is 2.25. The van der Waals surface area contributed by atoms with Crippen LogP contribution in [0.1, 0.15) is 13.3 Å². The largest absolute Gasteiger partial charge is 0.370 e. The molecule has 0 aliphatic heterocycles. The first-order valence-corrected chi connectivity index (χ1v) is 6.91. The fraction of sp³-hybridized carbons (Fsp3) is 0.333. The van der Waals surface area contributed by atoms with Crippen molar-refractivity contribution in [1.82, 2.24) is 9.97 Å². The molecule has 1 aromatic heterocycles. The highest BCUT2D eigenvalue weighted by Gasteiger charge is 2.31. The lowest BCUT2D eigenvalue weighted by Gasteiger charge is -2.09. The number of nitrogens with one attached hydrogen (secondary N) is 2. The maximum atomic E-state index is 5.49. The summed E-state index contributed by atoms with van der Waals surface area (Å²) in [5.74, 6) is 9.18. The standard InChI is InChI=1S/C15H19N5/c1-10-7-12(10)9-17-13-8-14(20-16)19-15(18-13)11-5-3-2-4-6-11/h2-6,8,10,12H,7,9,16H2,1H3,(H2,17,18,19,20). The van der Waals surface area contributed by atoms with Gasteiger partial charge in [-0.15, -0.1) is 0 Å². The van der Waals surface area contributed by atoms with Gasteiger partial charge in [0.2, 0.25) is 0 Å². The Bertz CT molecular complexity index is 584. The van der Waals surface area contributed by atoms with Crippen LogP contribution in [0.2, 0.25) is 0 Å². The third-order valence-corrected chi connectivity index (χ3v) is 3.73. The van der Waals surface area contributed by atoms with Crippen LogP contribution < -0.4 is 16.6 Å². The van der Waals surface area contributed by atoms with E-state index >= 15 is 0 Å². The van der Waals surface area contributed by atoms with Crippen molar-refractivity contribution in [3.63, 3.8) is 0 Å². The molecule has 0 bridgehead atoms. The van der Waals surface area contributed by atoms with Crippen LogP contribution in [0.15, 0.2) is 36.4 Å². The van der Waals surface area contributed by atoms with E-state index < -0.39 is 0 Å². The number of hydrogen-bond acceptors (Lipinski definition) is 5. The summed E-state index contributed by atoms with van der Waals surface area (Å²) in [5.41, 5.74) is 3.58. The Morgan fingerprint density at radius 1 is 1.20 bits per heavy atom. The zero-order valence-corrected chi connectivity index (χ0v) is 11.5. The van der Waals surface area contributed by atoms with E-state index in [0.29, 0.717) is 11.6 Å². The lowest BCUT2D eigenvalue weighted by molar-refractivity contribution is 0.784. The Balaban J connectivity index is 1.82. The Morgan fingerprint density at radius 3 is 2.55 bits per heavy atom. The SMILES string of the molecule is CC1CC1CNc1cc(NN)nc(-c2ccccc2)n1. The van der Waals surface area contributed by atoms with Crippen molar-refractivity contribution in [3.8, 4) is 11.4 Å². The number of nitrogen functional groups attached to an aromatic ring is 1. The average molecular weight is 269 g/mol.